The van der Waals surface area contributed by atoms with Crippen LogP contribution in [0.2, 0.25) is 0 Å². The third-order valence-corrected chi connectivity index (χ3v) is 3.59. The van der Waals surface area contributed by atoms with Crippen LogP contribution in [0.4, 0.5) is 0 Å². The van der Waals surface area contributed by atoms with Crippen LogP contribution >= 0.6 is 15.9 Å². The summed E-state index contributed by atoms with van der Waals surface area (Å²) in [5.74, 6) is 1.74. The van der Waals surface area contributed by atoms with Gasteiger partial charge in [0.25, 0.3) is 0 Å². The van der Waals surface area contributed by atoms with Gasteiger partial charge in [-0.25, -0.2) is 0 Å². The molecule has 0 radical (unpaired) electrons. The zero-order chi connectivity index (χ0) is 13.1. The monoisotopic (exact) mass is 309 g/mol. The molecule has 1 unspecified atom stereocenters. The first-order valence-electron chi connectivity index (χ1n) is 6.48. The Hall–Kier alpha value is -0.800. The number of nitrogens with one attached hydrogen (secondary N) is 1. The topological polar surface area (TPSA) is 25.2 Å². The largest absolute Gasteiger partial charge is 0.459 e. The number of fused-ring (bicyclic) bond motifs is 1. The Kier molecular flexibility index (Phi) is 4.46. The van der Waals surface area contributed by atoms with Crippen molar-refractivity contribution in [1.29, 1.82) is 0 Å². The van der Waals surface area contributed by atoms with E-state index >= 15 is 0 Å². The van der Waals surface area contributed by atoms with E-state index in [1.807, 2.05) is 12.1 Å². The van der Waals surface area contributed by atoms with E-state index in [0.717, 1.165) is 33.7 Å². The van der Waals surface area contributed by atoms with E-state index in [-0.39, 0.29) is 6.04 Å². The summed E-state index contributed by atoms with van der Waals surface area (Å²) < 4.78 is 6.94. The summed E-state index contributed by atoms with van der Waals surface area (Å²) in [5.41, 5.74) is 0.950. The zero-order valence-electron chi connectivity index (χ0n) is 11.2. The van der Waals surface area contributed by atoms with Crippen molar-refractivity contribution in [2.45, 2.75) is 33.2 Å². The Bertz CT molecular complexity index is 518. The van der Waals surface area contributed by atoms with Crippen molar-refractivity contribution >= 4 is 26.9 Å². The summed E-state index contributed by atoms with van der Waals surface area (Å²) in [4.78, 5) is 0. The molecule has 0 fully saturated rings. The minimum Gasteiger partial charge on any atom is -0.459 e. The van der Waals surface area contributed by atoms with E-state index < -0.39 is 0 Å². The molecule has 3 heteroatoms. The quantitative estimate of drug-likeness (QED) is 0.850. The van der Waals surface area contributed by atoms with Gasteiger partial charge in [0, 0.05) is 9.86 Å². The molecule has 0 spiro atoms. The van der Waals surface area contributed by atoms with Crippen molar-refractivity contribution in [3.05, 3.63) is 34.5 Å². The second kappa shape index (κ2) is 5.89. The van der Waals surface area contributed by atoms with Gasteiger partial charge in [0.05, 0.1) is 6.04 Å². The van der Waals surface area contributed by atoms with Crippen LogP contribution in [0.3, 0.4) is 0 Å². The van der Waals surface area contributed by atoms with Crippen LogP contribution in [0.25, 0.3) is 11.0 Å². The molecule has 1 atom stereocenters. The van der Waals surface area contributed by atoms with Crippen LogP contribution in [-0.2, 0) is 0 Å². The van der Waals surface area contributed by atoms with Gasteiger partial charge >= 0.3 is 0 Å². The van der Waals surface area contributed by atoms with Gasteiger partial charge in [0.15, 0.2) is 0 Å². The summed E-state index contributed by atoms with van der Waals surface area (Å²) in [6.45, 7) is 7.66. The third kappa shape index (κ3) is 3.36. The second-order valence-electron chi connectivity index (χ2n) is 5.19. The zero-order valence-corrected chi connectivity index (χ0v) is 12.8. The molecule has 2 aromatic rings. The highest BCUT2D eigenvalue weighted by Gasteiger charge is 2.11. The normalized spacial score (nSPS) is 13.4. The maximum absolute atomic E-state index is 5.86. The Balaban J connectivity index is 2.06. The van der Waals surface area contributed by atoms with E-state index in [1.165, 1.54) is 6.42 Å². The minimum atomic E-state index is 0.259. The molecule has 1 heterocycles. The van der Waals surface area contributed by atoms with Gasteiger partial charge in [0.1, 0.15) is 11.3 Å². The number of hydrogen-bond acceptors (Lipinski definition) is 2. The standard InChI is InChI=1S/C15H20BrNO/c1-10(2)6-7-17-11(3)15-9-12-8-13(16)4-5-14(12)18-15/h4-5,8-11,17H,6-7H2,1-3H3. The van der Waals surface area contributed by atoms with Crippen molar-refractivity contribution in [3.8, 4) is 0 Å². The Morgan fingerprint density at radius 2 is 2.00 bits per heavy atom. The maximum atomic E-state index is 5.86. The number of halogens is 1. The molecular weight excluding hydrogens is 290 g/mol. The molecule has 1 aromatic heterocycles. The van der Waals surface area contributed by atoms with Crippen molar-refractivity contribution in [2.75, 3.05) is 6.54 Å². The summed E-state index contributed by atoms with van der Waals surface area (Å²) in [6, 6.07) is 8.47. The Morgan fingerprint density at radius 1 is 1.22 bits per heavy atom. The molecule has 0 aliphatic heterocycles. The predicted molar refractivity (Wildman–Crippen MR) is 79.8 cm³/mol. The fourth-order valence-electron chi connectivity index (χ4n) is 1.94. The fourth-order valence-corrected chi connectivity index (χ4v) is 2.32. The molecule has 0 amide bonds. The van der Waals surface area contributed by atoms with Gasteiger partial charge < -0.3 is 9.73 Å². The Labute approximate surface area is 117 Å². The van der Waals surface area contributed by atoms with Crippen LogP contribution in [-0.4, -0.2) is 6.54 Å². The molecular formula is C15H20BrNO. The van der Waals surface area contributed by atoms with Gasteiger partial charge in [-0.05, 0) is 50.1 Å². The van der Waals surface area contributed by atoms with E-state index in [2.05, 4.69) is 54.2 Å². The molecule has 0 aliphatic carbocycles. The number of hydrogen-bond donors (Lipinski definition) is 1. The summed E-state index contributed by atoms with van der Waals surface area (Å²) in [6.07, 6.45) is 1.19. The van der Waals surface area contributed by atoms with Crippen molar-refractivity contribution in [2.24, 2.45) is 5.92 Å². The highest BCUT2D eigenvalue weighted by molar-refractivity contribution is 9.10. The van der Waals surface area contributed by atoms with Crippen LogP contribution in [0.5, 0.6) is 0 Å². The van der Waals surface area contributed by atoms with E-state index in [4.69, 9.17) is 4.42 Å². The molecule has 2 nitrogen and oxygen atoms in total. The smallest absolute Gasteiger partial charge is 0.134 e. The number of rotatable bonds is 5. The molecule has 0 bridgehead atoms. The van der Waals surface area contributed by atoms with Gasteiger partial charge in [-0.15, -0.1) is 0 Å². The van der Waals surface area contributed by atoms with Gasteiger partial charge in [0.2, 0.25) is 0 Å². The first kappa shape index (κ1) is 13.6. The molecule has 0 saturated heterocycles. The van der Waals surface area contributed by atoms with Crippen molar-refractivity contribution in [1.82, 2.24) is 5.32 Å². The van der Waals surface area contributed by atoms with Gasteiger partial charge in [-0.2, -0.15) is 0 Å². The fraction of sp³-hybridized carbons (Fsp3) is 0.467. The molecule has 18 heavy (non-hydrogen) atoms. The third-order valence-electron chi connectivity index (χ3n) is 3.10. The van der Waals surface area contributed by atoms with E-state index in [9.17, 15) is 0 Å². The van der Waals surface area contributed by atoms with Crippen molar-refractivity contribution in [3.63, 3.8) is 0 Å². The summed E-state index contributed by atoms with van der Waals surface area (Å²) >= 11 is 3.48. The maximum Gasteiger partial charge on any atom is 0.134 e. The number of benzene rings is 1. The van der Waals surface area contributed by atoms with Crippen LogP contribution in [0, 0.1) is 5.92 Å². The SMILES string of the molecule is CC(C)CCNC(C)c1cc2cc(Br)ccc2o1. The predicted octanol–water partition coefficient (Wildman–Crippen LogP) is 4.89. The minimum absolute atomic E-state index is 0.259. The molecule has 2 rings (SSSR count). The van der Waals surface area contributed by atoms with Gasteiger partial charge in [-0.1, -0.05) is 29.8 Å². The second-order valence-corrected chi connectivity index (χ2v) is 6.10. The molecule has 0 saturated carbocycles. The highest BCUT2D eigenvalue weighted by atomic mass is 79.9. The van der Waals surface area contributed by atoms with Crippen LogP contribution in [0.1, 0.15) is 39.0 Å². The highest BCUT2D eigenvalue weighted by Crippen LogP contribution is 2.26. The van der Waals surface area contributed by atoms with Gasteiger partial charge in [-0.3, -0.25) is 0 Å². The van der Waals surface area contributed by atoms with E-state index in [1.54, 1.807) is 0 Å². The first-order chi connectivity index (χ1) is 8.56. The lowest BCUT2D eigenvalue weighted by Gasteiger charge is -2.12. The van der Waals surface area contributed by atoms with Crippen molar-refractivity contribution < 1.29 is 4.42 Å². The molecule has 98 valence electrons. The summed E-state index contributed by atoms with van der Waals surface area (Å²) in [7, 11) is 0. The average Bonchev–Trinajstić information content (AvgIpc) is 2.71. The lowest BCUT2D eigenvalue weighted by Crippen LogP contribution is -2.20. The molecule has 1 N–H and O–H groups in total. The average molecular weight is 310 g/mol. The molecule has 1 aromatic carbocycles. The van der Waals surface area contributed by atoms with E-state index in [0.29, 0.717) is 0 Å². The van der Waals surface area contributed by atoms with Crippen LogP contribution in [0.15, 0.2) is 33.2 Å². The lowest BCUT2D eigenvalue weighted by atomic mass is 10.1. The first-order valence-corrected chi connectivity index (χ1v) is 7.28. The molecule has 0 aliphatic rings. The van der Waals surface area contributed by atoms with Crippen LogP contribution < -0.4 is 5.32 Å². The Morgan fingerprint density at radius 3 is 2.72 bits per heavy atom. The summed E-state index contributed by atoms with van der Waals surface area (Å²) in [5, 5.41) is 4.65. The lowest BCUT2D eigenvalue weighted by molar-refractivity contribution is 0.432. The number of furan rings is 1.